The maximum Gasteiger partial charge on any atom is 0.0988 e. The molecule has 0 aromatic heterocycles. The largest absolute Gasteiger partial charge is 0.0988 e. The standard InChI is InChI=1S/C25H30Si/c1-16-12-17(2)14-24(13-16)26-25(15-23-11-9-8-10-18(23)3)21(6)19(4)20(5)22(25)7/h8-14H,15H2,1-7H3. The Morgan fingerprint density at radius 1 is 0.731 bits per heavy atom. The second kappa shape index (κ2) is 7.04. The zero-order valence-electron chi connectivity index (χ0n) is 17.2. The van der Waals surface area contributed by atoms with Crippen LogP contribution in [0.15, 0.2) is 64.8 Å². The second-order valence-corrected chi connectivity index (χ2v) is 9.69. The first kappa shape index (κ1) is 18.9. The molecule has 2 radical (unpaired) electrons. The lowest BCUT2D eigenvalue weighted by Gasteiger charge is -2.34. The fraction of sp³-hybridized carbons (Fsp3) is 0.360. The Hall–Kier alpha value is -1.86. The van der Waals surface area contributed by atoms with E-state index in [1.165, 1.54) is 38.6 Å². The van der Waals surface area contributed by atoms with Crippen LogP contribution in [0.2, 0.25) is 5.04 Å². The first-order valence-electron chi connectivity index (χ1n) is 9.52. The van der Waals surface area contributed by atoms with Crippen LogP contribution in [0.1, 0.15) is 49.9 Å². The van der Waals surface area contributed by atoms with E-state index in [0.29, 0.717) is 0 Å². The highest BCUT2D eigenvalue weighted by molar-refractivity contribution is 6.59. The van der Waals surface area contributed by atoms with Crippen molar-refractivity contribution in [2.45, 2.75) is 59.9 Å². The molecule has 0 nitrogen and oxygen atoms in total. The molecule has 26 heavy (non-hydrogen) atoms. The van der Waals surface area contributed by atoms with Crippen LogP contribution in [0.4, 0.5) is 0 Å². The molecule has 0 heterocycles. The van der Waals surface area contributed by atoms with E-state index < -0.39 is 0 Å². The summed E-state index contributed by atoms with van der Waals surface area (Å²) in [5.41, 5.74) is 11.7. The number of allylic oxidation sites excluding steroid dienone is 4. The summed E-state index contributed by atoms with van der Waals surface area (Å²) < 4.78 is 0. The predicted molar refractivity (Wildman–Crippen MR) is 116 cm³/mol. The molecule has 0 spiro atoms. The summed E-state index contributed by atoms with van der Waals surface area (Å²) in [7, 11) is 0.760. The highest BCUT2D eigenvalue weighted by atomic mass is 28.2. The highest BCUT2D eigenvalue weighted by Crippen LogP contribution is 2.54. The van der Waals surface area contributed by atoms with E-state index in [-0.39, 0.29) is 5.04 Å². The van der Waals surface area contributed by atoms with Gasteiger partial charge in [-0.05, 0) is 77.2 Å². The first-order valence-corrected chi connectivity index (χ1v) is 10.5. The molecule has 0 N–H and O–H groups in total. The fourth-order valence-electron chi connectivity index (χ4n) is 4.37. The van der Waals surface area contributed by atoms with Crippen LogP contribution in [-0.2, 0) is 6.42 Å². The van der Waals surface area contributed by atoms with Gasteiger partial charge in [0.25, 0.3) is 0 Å². The van der Waals surface area contributed by atoms with Crippen molar-refractivity contribution in [2.24, 2.45) is 0 Å². The molecule has 1 heteroatoms. The third kappa shape index (κ3) is 3.25. The summed E-state index contributed by atoms with van der Waals surface area (Å²) in [6.45, 7) is 16.0. The molecule has 2 aromatic carbocycles. The number of rotatable bonds is 4. The van der Waals surface area contributed by atoms with Crippen molar-refractivity contribution < 1.29 is 0 Å². The molecule has 3 rings (SSSR count). The van der Waals surface area contributed by atoms with Crippen LogP contribution in [0.3, 0.4) is 0 Å². The molecule has 2 aromatic rings. The quantitative estimate of drug-likeness (QED) is 0.585. The van der Waals surface area contributed by atoms with Gasteiger partial charge in [-0.1, -0.05) is 69.9 Å². The topological polar surface area (TPSA) is 0 Å². The number of aryl methyl sites for hydroxylation is 3. The minimum absolute atomic E-state index is 0.126. The number of benzene rings is 2. The monoisotopic (exact) mass is 358 g/mol. The normalized spacial score (nSPS) is 16.6. The Labute approximate surface area is 161 Å². The summed E-state index contributed by atoms with van der Waals surface area (Å²) >= 11 is 0. The van der Waals surface area contributed by atoms with Gasteiger partial charge >= 0.3 is 0 Å². The van der Waals surface area contributed by atoms with E-state index >= 15 is 0 Å². The van der Waals surface area contributed by atoms with Gasteiger partial charge in [0, 0.05) is 5.04 Å². The summed E-state index contributed by atoms with van der Waals surface area (Å²) in [4.78, 5) is 0. The average Bonchev–Trinajstić information content (AvgIpc) is 2.72. The Balaban J connectivity index is 2.13. The zero-order valence-corrected chi connectivity index (χ0v) is 18.2. The first-order chi connectivity index (χ1) is 12.2. The van der Waals surface area contributed by atoms with Crippen LogP contribution in [0.5, 0.6) is 0 Å². The lowest BCUT2D eigenvalue weighted by Crippen LogP contribution is -2.33. The van der Waals surface area contributed by atoms with E-state index in [4.69, 9.17) is 0 Å². The van der Waals surface area contributed by atoms with Crippen molar-refractivity contribution >= 4 is 14.7 Å². The molecule has 0 saturated carbocycles. The maximum atomic E-state index is 2.38. The van der Waals surface area contributed by atoms with Gasteiger partial charge < -0.3 is 0 Å². The Bertz CT molecular complexity index is 867. The fourth-order valence-corrected chi connectivity index (χ4v) is 6.49. The third-order valence-corrected chi connectivity index (χ3v) is 8.20. The van der Waals surface area contributed by atoms with Crippen molar-refractivity contribution in [1.29, 1.82) is 0 Å². The second-order valence-electron chi connectivity index (χ2n) is 8.01. The minimum atomic E-state index is 0.126. The minimum Gasteiger partial charge on any atom is -0.0624 e. The van der Waals surface area contributed by atoms with Crippen molar-refractivity contribution in [1.82, 2.24) is 0 Å². The summed E-state index contributed by atoms with van der Waals surface area (Å²) in [6, 6.07) is 15.9. The van der Waals surface area contributed by atoms with Gasteiger partial charge in [-0.25, -0.2) is 0 Å². The predicted octanol–water partition coefficient (Wildman–Crippen LogP) is 6.03. The Morgan fingerprint density at radius 3 is 1.81 bits per heavy atom. The van der Waals surface area contributed by atoms with E-state index in [2.05, 4.69) is 90.9 Å². The number of hydrogen-bond donors (Lipinski definition) is 0. The van der Waals surface area contributed by atoms with Crippen LogP contribution < -0.4 is 5.19 Å². The van der Waals surface area contributed by atoms with Crippen LogP contribution in [-0.4, -0.2) is 9.52 Å². The molecule has 0 unspecified atom stereocenters. The molecular formula is C25H30Si. The van der Waals surface area contributed by atoms with E-state index in [0.717, 1.165) is 15.9 Å². The van der Waals surface area contributed by atoms with Crippen molar-refractivity contribution in [2.75, 3.05) is 0 Å². The molecule has 0 fully saturated rings. The summed E-state index contributed by atoms with van der Waals surface area (Å²) in [5.74, 6) is 0. The molecule has 0 saturated heterocycles. The van der Waals surface area contributed by atoms with Gasteiger partial charge in [0.15, 0.2) is 0 Å². The van der Waals surface area contributed by atoms with E-state index in [9.17, 15) is 0 Å². The van der Waals surface area contributed by atoms with E-state index in [1.54, 1.807) is 11.1 Å². The Morgan fingerprint density at radius 2 is 1.27 bits per heavy atom. The summed E-state index contributed by atoms with van der Waals surface area (Å²) in [5, 5.41) is 1.61. The molecule has 0 bridgehead atoms. The van der Waals surface area contributed by atoms with Gasteiger partial charge in [0.2, 0.25) is 0 Å². The molecule has 1 aliphatic carbocycles. The molecule has 0 amide bonds. The molecule has 134 valence electrons. The van der Waals surface area contributed by atoms with Crippen LogP contribution in [0, 0.1) is 20.8 Å². The zero-order chi connectivity index (χ0) is 19.1. The van der Waals surface area contributed by atoms with Gasteiger partial charge in [0.1, 0.15) is 0 Å². The van der Waals surface area contributed by atoms with Crippen LogP contribution in [0.25, 0.3) is 0 Å². The Kier molecular flexibility index (Phi) is 5.12. The molecule has 1 aliphatic rings. The van der Waals surface area contributed by atoms with Gasteiger partial charge in [0.05, 0.1) is 9.52 Å². The maximum absolute atomic E-state index is 2.38. The third-order valence-electron chi connectivity index (χ3n) is 6.26. The molecule has 0 atom stereocenters. The lowest BCUT2D eigenvalue weighted by molar-refractivity contribution is 0.733. The smallest absolute Gasteiger partial charge is 0.0624 e. The van der Waals surface area contributed by atoms with Crippen molar-refractivity contribution in [3.05, 3.63) is 87.0 Å². The van der Waals surface area contributed by atoms with Crippen LogP contribution >= 0.6 is 0 Å². The highest BCUT2D eigenvalue weighted by Gasteiger charge is 2.41. The lowest BCUT2D eigenvalue weighted by atomic mass is 9.87. The summed E-state index contributed by atoms with van der Waals surface area (Å²) in [6.07, 6.45) is 1.09. The SMILES string of the molecule is CC1=C(C)C(Cc2ccccc2C)([Si]c2cc(C)cc(C)c2)C(C)=C1C. The van der Waals surface area contributed by atoms with Crippen molar-refractivity contribution in [3.8, 4) is 0 Å². The molecule has 0 aliphatic heterocycles. The van der Waals surface area contributed by atoms with Crippen molar-refractivity contribution in [3.63, 3.8) is 0 Å². The average molecular weight is 359 g/mol. The number of hydrogen-bond acceptors (Lipinski definition) is 0. The van der Waals surface area contributed by atoms with Gasteiger partial charge in [-0.15, -0.1) is 0 Å². The molecular weight excluding hydrogens is 328 g/mol. The van der Waals surface area contributed by atoms with Gasteiger partial charge in [-0.3, -0.25) is 0 Å². The van der Waals surface area contributed by atoms with Gasteiger partial charge in [-0.2, -0.15) is 0 Å². The van der Waals surface area contributed by atoms with E-state index in [1.807, 2.05) is 0 Å².